The summed E-state index contributed by atoms with van der Waals surface area (Å²) in [5, 5.41) is 0.173. The molecule has 0 bridgehead atoms. The summed E-state index contributed by atoms with van der Waals surface area (Å²) in [5.74, 6) is -1.30. The molecule has 1 aromatic rings. The van der Waals surface area contributed by atoms with Crippen LogP contribution >= 0.6 is 11.6 Å². The normalized spacial score (nSPS) is 18.6. The quantitative estimate of drug-likeness (QED) is 0.639. The molecule has 0 aliphatic carbocycles. The first-order valence-corrected chi connectivity index (χ1v) is 6.16. The molecule has 0 fully saturated rings. The van der Waals surface area contributed by atoms with Crippen molar-refractivity contribution in [3.05, 3.63) is 34.4 Å². The molecule has 0 saturated heterocycles. The van der Waals surface area contributed by atoms with E-state index in [1.54, 1.807) is 0 Å². The number of halogens is 4. The van der Waals surface area contributed by atoms with E-state index in [9.17, 15) is 18.0 Å². The van der Waals surface area contributed by atoms with E-state index < -0.39 is 23.8 Å². The molecule has 4 nitrogen and oxygen atoms in total. The number of rotatable bonds is 1. The number of nitrogens with two attached hydrogens (primary N) is 1. The zero-order chi connectivity index (χ0) is 15.8. The molecule has 112 valence electrons. The average Bonchev–Trinajstić information content (AvgIpc) is 2.36. The van der Waals surface area contributed by atoms with Crippen LogP contribution in [-0.2, 0) is 4.79 Å². The number of amides is 1. The standard InChI is InChI=1S/C13H10ClF3N2O2/c1-6(18)19-12(20)8-5-7-9(14)3-2-4-10(7)21-11(8)13(15,16)17/h2-5,11H,1H3,(H2,18,19,20). The molecular formula is C13H10ClF3N2O2. The molecule has 1 unspecified atom stereocenters. The highest BCUT2D eigenvalue weighted by atomic mass is 35.5. The summed E-state index contributed by atoms with van der Waals surface area (Å²) in [5.41, 5.74) is 4.78. The van der Waals surface area contributed by atoms with Crippen LogP contribution in [0, 0.1) is 0 Å². The van der Waals surface area contributed by atoms with Gasteiger partial charge in [-0.25, -0.2) is 0 Å². The van der Waals surface area contributed by atoms with Gasteiger partial charge in [0, 0.05) is 5.56 Å². The lowest BCUT2D eigenvalue weighted by atomic mass is 10.0. The molecule has 0 spiro atoms. The monoisotopic (exact) mass is 318 g/mol. The van der Waals surface area contributed by atoms with E-state index in [0.717, 1.165) is 6.08 Å². The number of carbonyl (C=O) groups is 1. The van der Waals surface area contributed by atoms with Gasteiger partial charge in [-0.3, -0.25) is 4.79 Å². The van der Waals surface area contributed by atoms with Crippen molar-refractivity contribution in [1.82, 2.24) is 0 Å². The Balaban J connectivity index is 2.57. The molecule has 2 rings (SSSR count). The van der Waals surface area contributed by atoms with E-state index in [4.69, 9.17) is 22.1 Å². The SMILES string of the molecule is CC(N)=NC(=O)C1=Cc2c(Cl)cccc2OC1C(F)(F)F. The summed E-state index contributed by atoms with van der Waals surface area (Å²) in [6, 6.07) is 4.28. The Bertz CT molecular complexity index is 649. The fourth-order valence-electron chi connectivity index (χ4n) is 1.82. The van der Waals surface area contributed by atoms with Crippen LogP contribution in [-0.4, -0.2) is 24.0 Å². The van der Waals surface area contributed by atoms with Gasteiger partial charge in [-0.05, 0) is 25.1 Å². The van der Waals surface area contributed by atoms with Gasteiger partial charge in [0.1, 0.15) is 11.6 Å². The van der Waals surface area contributed by atoms with Gasteiger partial charge in [-0.1, -0.05) is 17.7 Å². The molecule has 0 saturated carbocycles. The smallest absolute Gasteiger partial charge is 0.429 e. The lowest BCUT2D eigenvalue weighted by Gasteiger charge is -2.27. The van der Waals surface area contributed by atoms with Crippen LogP contribution in [0.4, 0.5) is 13.2 Å². The zero-order valence-corrected chi connectivity index (χ0v) is 11.5. The number of carbonyl (C=O) groups excluding carboxylic acids is 1. The van der Waals surface area contributed by atoms with Crippen molar-refractivity contribution >= 4 is 29.4 Å². The summed E-state index contributed by atoms with van der Waals surface area (Å²) in [6.07, 6.45) is -6.13. The van der Waals surface area contributed by atoms with Crippen molar-refractivity contribution in [2.75, 3.05) is 0 Å². The molecule has 1 aromatic carbocycles. The van der Waals surface area contributed by atoms with Crippen molar-refractivity contribution in [3.8, 4) is 5.75 Å². The van der Waals surface area contributed by atoms with E-state index in [-0.39, 0.29) is 22.2 Å². The Morgan fingerprint density at radius 3 is 2.67 bits per heavy atom. The first-order chi connectivity index (χ1) is 9.70. The average molecular weight is 319 g/mol. The lowest BCUT2D eigenvalue weighted by Crippen LogP contribution is -2.40. The highest BCUT2D eigenvalue weighted by Crippen LogP contribution is 2.40. The van der Waals surface area contributed by atoms with Crippen LogP contribution in [0.15, 0.2) is 28.8 Å². The van der Waals surface area contributed by atoms with Gasteiger partial charge < -0.3 is 10.5 Å². The van der Waals surface area contributed by atoms with Gasteiger partial charge >= 0.3 is 6.18 Å². The van der Waals surface area contributed by atoms with Crippen molar-refractivity contribution in [2.24, 2.45) is 10.7 Å². The number of hydrogen-bond donors (Lipinski definition) is 1. The largest absolute Gasteiger partial charge is 0.475 e. The minimum Gasteiger partial charge on any atom is -0.475 e. The number of hydrogen-bond acceptors (Lipinski definition) is 2. The Morgan fingerprint density at radius 1 is 1.43 bits per heavy atom. The second kappa shape index (κ2) is 5.40. The first-order valence-electron chi connectivity index (χ1n) is 5.78. The van der Waals surface area contributed by atoms with Crippen LogP contribution in [0.2, 0.25) is 5.02 Å². The zero-order valence-electron chi connectivity index (χ0n) is 10.7. The summed E-state index contributed by atoms with van der Waals surface area (Å²) >= 11 is 5.90. The summed E-state index contributed by atoms with van der Waals surface area (Å²) in [4.78, 5) is 15.2. The molecule has 8 heteroatoms. The number of ether oxygens (including phenoxy) is 1. The summed E-state index contributed by atoms with van der Waals surface area (Å²) < 4.78 is 44.0. The van der Waals surface area contributed by atoms with Gasteiger partial charge in [0.15, 0.2) is 0 Å². The van der Waals surface area contributed by atoms with Gasteiger partial charge in [0.25, 0.3) is 5.91 Å². The van der Waals surface area contributed by atoms with E-state index in [2.05, 4.69) is 4.99 Å². The third-order valence-corrected chi connectivity index (χ3v) is 2.99. The van der Waals surface area contributed by atoms with Crippen LogP contribution in [0.25, 0.3) is 6.08 Å². The predicted molar refractivity (Wildman–Crippen MR) is 72.2 cm³/mol. The molecule has 1 amide bonds. The number of nitrogens with zero attached hydrogens (tertiary/aromatic N) is 1. The van der Waals surface area contributed by atoms with Crippen LogP contribution in [0.3, 0.4) is 0 Å². The number of alkyl halides is 3. The predicted octanol–water partition coefficient (Wildman–Crippen LogP) is 2.95. The minimum absolute atomic E-state index is 0.0465. The molecule has 2 N–H and O–H groups in total. The highest BCUT2D eigenvalue weighted by molar-refractivity contribution is 6.32. The summed E-state index contributed by atoms with van der Waals surface area (Å²) in [6.45, 7) is 1.30. The van der Waals surface area contributed by atoms with Crippen molar-refractivity contribution in [1.29, 1.82) is 0 Å². The Morgan fingerprint density at radius 2 is 2.10 bits per heavy atom. The van der Waals surface area contributed by atoms with E-state index in [0.29, 0.717) is 0 Å². The maximum Gasteiger partial charge on any atom is 0.429 e. The van der Waals surface area contributed by atoms with E-state index >= 15 is 0 Å². The fourth-order valence-corrected chi connectivity index (χ4v) is 2.04. The highest BCUT2D eigenvalue weighted by Gasteiger charge is 2.48. The van der Waals surface area contributed by atoms with Crippen LogP contribution < -0.4 is 10.5 Å². The maximum absolute atomic E-state index is 13.1. The lowest BCUT2D eigenvalue weighted by molar-refractivity contribution is -0.185. The van der Waals surface area contributed by atoms with Gasteiger partial charge in [-0.15, -0.1) is 0 Å². The minimum atomic E-state index is -4.76. The number of benzene rings is 1. The molecule has 0 radical (unpaired) electrons. The Labute approximate surface area is 123 Å². The third-order valence-electron chi connectivity index (χ3n) is 2.66. The van der Waals surface area contributed by atoms with Gasteiger partial charge in [0.2, 0.25) is 6.10 Å². The maximum atomic E-state index is 13.1. The van der Waals surface area contributed by atoms with Gasteiger partial charge in [-0.2, -0.15) is 18.2 Å². The third kappa shape index (κ3) is 3.18. The second-order valence-electron chi connectivity index (χ2n) is 4.35. The topological polar surface area (TPSA) is 64.7 Å². The molecular weight excluding hydrogens is 309 g/mol. The van der Waals surface area contributed by atoms with E-state index in [1.807, 2.05) is 0 Å². The fraction of sp³-hybridized carbons (Fsp3) is 0.231. The summed E-state index contributed by atoms with van der Waals surface area (Å²) in [7, 11) is 0. The van der Waals surface area contributed by atoms with Gasteiger partial charge in [0.05, 0.1) is 10.6 Å². The van der Waals surface area contributed by atoms with Crippen LogP contribution in [0.1, 0.15) is 12.5 Å². The van der Waals surface area contributed by atoms with E-state index in [1.165, 1.54) is 25.1 Å². The Kier molecular flexibility index (Phi) is 3.95. The van der Waals surface area contributed by atoms with Crippen molar-refractivity contribution in [3.63, 3.8) is 0 Å². The number of aliphatic imine (C=N–C) groups is 1. The Hall–Kier alpha value is -2.02. The molecule has 1 heterocycles. The number of amidine groups is 1. The number of fused-ring (bicyclic) bond motifs is 1. The van der Waals surface area contributed by atoms with Crippen molar-refractivity contribution < 1.29 is 22.7 Å². The molecule has 1 aliphatic rings. The molecule has 21 heavy (non-hydrogen) atoms. The first kappa shape index (κ1) is 15.4. The molecule has 1 atom stereocenters. The van der Waals surface area contributed by atoms with Crippen molar-refractivity contribution in [2.45, 2.75) is 19.2 Å². The molecule has 1 aliphatic heterocycles. The molecule has 0 aromatic heterocycles. The second-order valence-corrected chi connectivity index (χ2v) is 4.76. The van der Waals surface area contributed by atoms with Crippen LogP contribution in [0.5, 0.6) is 5.75 Å².